The molecule has 23 heavy (non-hydrogen) atoms. The highest BCUT2D eigenvalue weighted by molar-refractivity contribution is 9.10. The molecule has 0 unspecified atom stereocenters. The maximum atomic E-state index is 6.06. The van der Waals surface area contributed by atoms with Gasteiger partial charge in [-0.25, -0.2) is 4.98 Å². The third kappa shape index (κ3) is 3.20. The zero-order valence-corrected chi connectivity index (χ0v) is 15.3. The minimum Gasteiger partial charge on any atom is -0.227 e. The molecule has 2 aromatic carbocycles. The SMILES string of the molecule is Clc1cccc(Cc2c[n+]3cc(-c4ccc(Br)cc4)[nH]c3s2)c1. The first-order valence-electron chi connectivity index (χ1n) is 7.20. The third-order valence-corrected chi connectivity index (χ3v) is 5.46. The van der Waals surface area contributed by atoms with E-state index in [1.165, 1.54) is 16.0 Å². The Morgan fingerprint density at radius 2 is 1.91 bits per heavy atom. The summed E-state index contributed by atoms with van der Waals surface area (Å²) >= 11 is 11.3. The minimum atomic E-state index is 0.787. The van der Waals surface area contributed by atoms with Gasteiger partial charge >= 0.3 is 4.96 Å². The van der Waals surface area contributed by atoms with Crippen molar-refractivity contribution in [2.75, 3.05) is 0 Å². The maximum absolute atomic E-state index is 6.06. The van der Waals surface area contributed by atoms with Crippen LogP contribution < -0.4 is 4.40 Å². The van der Waals surface area contributed by atoms with Crippen molar-refractivity contribution in [1.29, 1.82) is 0 Å². The predicted octanol–water partition coefficient (Wildman–Crippen LogP) is 5.49. The molecule has 0 amide bonds. The third-order valence-electron chi connectivity index (χ3n) is 3.68. The lowest BCUT2D eigenvalue weighted by atomic mass is 10.1. The topological polar surface area (TPSA) is 19.9 Å². The number of aromatic nitrogens is 2. The summed E-state index contributed by atoms with van der Waals surface area (Å²) in [4.78, 5) is 5.93. The van der Waals surface area contributed by atoms with Crippen LogP contribution in [0, 0.1) is 0 Å². The molecule has 0 saturated heterocycles. The van der Waals surface area contributed by atoms with E-state index in [-0.39, 0.29) is 0 Å². The summed E-state index contributed by atoms with van der Waals surface area (Å²) in [5, 5.41) is 0.787. The number of hydrogen-bond donors (Lipinski definition) is 1. The Balaban J connectivity index is 1.62. The van der Waals surface area contributed by atoms with E-state index in [9.17, 15) is 0 Å². The molecule has 1 N–H and O–H groups in total. The normalized spacial score (nSPS) is 11.2. The van der Waals surface area contributed by atoms with Crippen molar-refractivity contribution in [2.45, 2.75) is 6.42 Å². The Labute approximate surface area is 151 Å². The van der Waals surface area contributed by atoms with Crippen molar-refractivity contribution in [3.05, 3.63) is 80.9 Å². The summed E-state index contributed by atoms with van der Waals surface area (Å²) in [6.45, 7) is 0. The van der Waals surface area contributed by atoms with Crippen molar-refractivity contribution in [3.8, 4) is 11.3 Å². The number of imidazole rings is 1. The molecule has 0 fully saturated rings. The first-order valence-corrected chi connectivity index (χ1v) is 9.19. The molecule has 5 heteroatoms. The van der Waals surface area contributed by atoms with E-state index < -0.39 is 0 Å². The number of nitrogens with one attached hydrogen (secondary N) is 1. The van der Waals surface area contributed by atoms with E-state index in [2.05, 4.69) is 68.0 Å². The predicted molar refractivity (Wildman–Crippen MR) is 99.2 cm³/mol. The van der Waals surface area contributed by atoms with Gasteiger partial charge in [0.25, 0.3) is 0 Å². The van der Waals surface area contributed by atoms with Crippen LogP contribution in [0.2, 0.25) is 5.02 Å². The summed E-state index contributed by atoms with van der Waals surface area (Å²) in [5.41, 5.74) is 3.54. The Morgan fingerprint density at radius 3 is 2.65 bits per heavy atom. The van der Waals surface area contributed by atoms with Crippen LogP contribution in [0.3, 0.4) is 0 Å². The van der Waals surface area contributed by atoms with Gasteiger partial charge in [0.05, 0.1) is 4.88 Å². The van der Waals surface area contributed by atoms with Gasteiger partial charge in [0.2, 0.25) is 0 Å². The molecule has 0 spiro atoms. The second kappa shape index (κ2) is 6.11. The number of H-pyrrole nitrogens is 1. The quantitative estimate of drug-likeness (QED) is 0.436. The number of halogens is 2. The van der Waals surface area contributed by atoms with Gasteiger partial charge in [0, 0.05) is 21.5 Å². The number of hydrogen-bond acceptors (Lipinski definition) is 1. The van der Waals surface area contributed by atoms with Crippen molar-refractivity contribution in [3.63, 3.8) is 0 Å². The number of nitrogens with zero attached hydrogens (tertiary/aromatic N) is 1. The summed E-state index contributed by atoms with van der Waals surface area (Å²) in [6, 6.07) is 16.4. The van der Waals surface area contributed by atoms with Gasteiger partial charge in [-0.2, -0.15) is 4.40 Å². The monoisotopic (exact) mass is 403 g/mol. The first kappa shape index (κ1) is 14.9. The Morgan fingerprint density at radius 1 is 1.09 bits per heavy atom. The Kier molecular flexibility index (Phi) is 3.97. The highest BCUT2D eigenvalue weighted by Gasteiger charge is 2.15. The lowest BCUT2D eigenvalue weighted by Crippen LogP contribution is -2.12. The highest BCUT2D eigenvalue weighted by Crippen LogP contribution is 2.23. The molecule has 0 aliphatic carbocycles. The van der Waals surface area contributed by atoms with Gasteiger partial charge < -0.3 is 0 Å². The lowest BCUT2D eigenvalue weighted by molar-refractivity contribution is -0.505. The molecular formula is C18H13BrClN2S+. The van der Waals surface area contributed by atoms with Crippen LogP contribution in [0.25, 0.3) is 16.2 Å². The molecule has 2 heterocycles. The van der Waals surface area contributed by atoms with E-state index in [1.807, 2.05) is 18.2 Å². The van der Waals surface area contributed by atoms with E-state index in [1.54, 1.807) is 11.3 Å². The summed E-state index contributed by atoms with van der Waals surface area (Å²) in [6.07, 6.45) is 5.21. The van der Waals surface area contributed by atoms with Gasteiger partial charge in [-0.3, -0.25) is 0 Å². The van der Waals surface area contributed by atoms with Gasteiger partial charge in [-0.05, 0) is 42.0 Å². The molecule has 0 bridgehead atoms. The van der Waals surface area contributed by atoms with E-state index in [0.717, 1.165) is 26.6 Å². The van der Waals surface area contributed by atoms with E-state index in [4.69, 9.17) is 11.6 Å². The van der Waals surface area contributed by atoms with Gasteiger partial charge in [-0.1, -0.05) is 51.0 Å². The molecule has 4 rings (SSSR count). The highest BCUT2D eigenvalue weighted by atomic mass is 79.9. The largest absolute Gasteiger partial charge is 0.344 e. The summed E-state index contributed by atoms with van der Waals surface area (Å²) < 4.78 is 3.24. The Hall–Kier alpha value is -1.62. The molecule has 4 aromatic rings. The molecular weight excluding hydrogens is 392 g/mol. The van der Waals surface area contributed by atoms with E-state index in [0.29, 0.717) is 0 Å². The number of aromatic amines is 1. The molecule has 0 radical (unpaired) electrons. The van der Waals surface area contributed by atoms with Crippen LogP contribution in [0.15, 0.2) is 65.4 Å². The second-order valence-corrected chi connectivity index (χ2v) is 7.86. The molecule has 2 nitrogen and oxygen atoms in total. The molecule has 2 aromatic heterocycles. The Bertz CT molecular complexity index is 941. The summed E-state index contributed by atoms with van der Waals surface area (Å²) in [5.74, 6) is 0. The number of rotatable bonds is 3. The minimum absolute atomic E-state index is 0.787. The number of benzene rings is 2. The fourth-order valence-electron chi connectivity index (χ4n) is 2.60. The molecule has 0 atom stereocenters. The summed E-state index contributed by atoms with van der Waals surface area (Å²) in [7, 11) is 0. The molecule has 0 saturated carbocycles. The molecule has 114 valence electrons. The standard InChI is InChI=1S/C18H12BrClN2S/c19-14-6-4-13(5-7-14)17-11-22-10-16(23-18(22)21-17)9-12-2-1-3-15(20)8-12/h1-8,10-11H,9H2/p+1. The van der Waals surface area contributed by atoms with E-state index >= 15 is 0 Å². The van der Waals surface area contributed by atoms with Crippen molar-refractivity contribution in [2.24, 2.45) is 0 Å². The second-order valence-electron chi connectivity index (χ2n) is 5.39. The zero-order chi connectivity index (χ0) is 15.8. The van der Waals surface area contributed by atoms with Crippen LogP contribution >= 0.6 is 38.9 Å². The van der Waals surface area contributed by atoms with Crippen LogP contribution in [-0.2, 0) is 6.42 Å². The van der Waals surface area contributed by atoms with Crippen LogP contribution in [-0.4, -0.2) is 4.98 Å². The fraction of sp³-hybridized carbons (Fsp3) is 0.0556. The van der Waals surface area contributed by atoms with Crippen LogP contribution in [0.1, 0.15) is 10.4 Å². The first-order chi connectivity index (χ1) is 11.2. The fourth-order valence-corrected chi connectivity index (χ4v) is 4.10. The smallest absolute Gasteiger partial charge is 0.227 e. The van der Waals surface area contributed by atoms with Crippen molar-refractivity contribution in [1.82, 2.24) is 4.98 Å². The van der Waals surface area contributed by atoms with Gasteiger partial charge in [-0.15, -0.1) is 0 Å². The lowest BCUT2D eigenvalue weighted by Gasteiger charge is -1.97. The molecule has 0 aliphatic heterocycles. The number of fused-ring (bicyclic) bond motifs is 1. The zero-order valence-electron chi connectivity index (χ0n) is 12.1. The van der Waals surface area contributed by atoms with Crippen LogP contribution in [0.5, 0.6) is 0 Å². The van der Waals surface area contributed by atoms with Gasteiger partial charge in [0.1, 0.15) is 12.4 Å². The molecule has 0 aliphatic rings. The average molecular weight is 405 g/mol. The van der Waals surface area contributed by atoms with Crippen LogP contribution in [0.4, 0.5) is 0 Å². The maximum Gasteiger partial charge on any atom is 0.344 e. The number of thiazole rings is 1. The van der Waals surface area contributed by atoms with Gasteiger partial charge in [0.15, 0.2) is 5.69 Å². The van der Waals surface area contributed by atoms with Crippen molar-refractivity contribution >= 4 is 43.8 Å². The average Bonchev–Trinajstić information content (AvgIpc) is 3.06. The van der Waals surface area contributed by atoms with Crippen molar-refractivity contribution < 1.29 is 4.40 Å².